The molecule has 1 aromatic heterocycles. The molecule has 1 aliphatic rings. The predicted molar refractivity (Wildman–Crippen MR) is 84.8 cm³/mol. The van der Waals surface area contributed by atoms with Gasteiger partial charge >= 0.3 is 0 Å². The van der Waals surface area contributed by atoms with Gasteiger partial charge in [0.2, 0.25) is 17.7 Å². The number of aryl methyl sites for hydroxylation is 1. The zero-order valence-electron chi connectivity index (χ0n) is 13.1. The Labute approximate surface area is 133 Å². The fourth-order valence-corrected chi connectivity index (χ4v) is 2.73. The third kappa shape index (κ3) is 2.94. The Bertz CT molecular complexity index is 780. The van der Waals surface area contributed by atoms with E-state index in [-0.39, 0.29) is 43.5 Å². The number of anilines is 1. The van der Waals surface area contributed by atoms with E-state index in [2.05, 4.69) is 9.97 Å². The summed E-state index contributed by atoms with van der Waals surface area (Å²) in [6.07, 6.45) is 0.617. The Hall–Kier alpha value is -2.70. The Morgan fingerprint density at radius 3 is 2.70 bits per heavy atom. The lowest BCUT2D eigenvalue weighted by Crippen LogP contribution is -2.34. The summed E-state index contributed by atoms with van der Waals surface area (Å²) in [5, 5.41) is 0. The molecule has 7 heteroatoms. The number of benzene rings is 1. The van der Waals surface area contributed by atoms with Crippen LogP contribution >= 0.6 is 0 Å². The number of amides is 3. The molecule has 1 fully saturated rings. The highest BCUT2D eigenvalue weighted by atomic mass is 16.2. The predicted octanol–water partition coefficient (Wildman–Crippen LogP) is 1.37. The monoisotopic (exact) mass is 314 g/mol. The van der Waals surface area contributed by atoms with Crippen molar-refractivity contribution < 1.29 is 14.4 Å². The first-order valence-corrected chi connectivity index (χ1v) is 7.52. The number of aromatic nitrogens is 2. The number of imide groups is 1. The van der Waals surface area contributed by atoms with Gasteiger partial charge in [0, 0.05) is 38.5 Å². The molecule has 0 atom stereocenters. The van der Waals surface area contributed by atoms with Gasteiger partial charge in [-0.3, -0.25) is 19.3 Å². The van der Waals surface area contributed by atoms with Crippen molar-refractivity contribution >= 4 is 34.4 Å². The van der Waals surface area contributed by atoms with Crippen LogP contribution in [0.4, 0.5) is 5.69 Å². The molecule has 2 heterocycles. The largest absolute Gasteiger partial charge is 0.342 e. The molecule has 1 aromatic carbocycles. The lowest BCUT2D eigenvalue weighted by atomic mass is 10.2. The van der Waals surface area contributed by atoms with Gasteiger partial charge in [0.05, 0.1) is 11.0 Å². The number of nitrogens with one attached hydrogen (secondary N) is 1. The quantitative estimate of drug-likeness (QED) is 0.864. The van der Waals surface area contributed by atoms with Gasteiger partial charge in [0.1, 0.15) is 5.82 Å². The van der Waals surface area contributed by atoms with Gasteiger partial charge in [-0.25, -0.2) is 4.98 Å². The van der Waals surface area contributed by atoms with E-state index in [9.17, 15) is 14.4 Å². The lowest BCUT2D eigenvalue weighted by Gasteiger charge is -2.19. The molecule has 1 N–H and O–H groups in total. The molecule has 1 aliphatic heterocycles. The first-order valence-electron chi connectivity index (χ1n) is 7.52. The third-order valence-electron chi connectivity index (χ3n) is 4.05. The van der Waals surface area contributed by atoms with Crippen LogP contribution in [-0.2, 0) is 14.4 Å². The fraction of sp³-hybridized carbons (Fsp3) is 0.375. The Morgan fingerprint density at radius 2 is 2.00 bits per heavy atom. The van der Waals surface area contributed by atoms with Gasteiger partial charge in [-0.1, -0.05) is 0 Å². The number of rotatable bonds is 4. The molecular formula is C16H18N4O3. The van der Waals surface area contributed by atoms with Gasteiger partial charge in [-0.15, -0.1) is 0 Å². The van der Waals surface area contributed by atoms with Crippen molar-refractivity contribution in [1.29, 1.82) is 0 Å². The van der Waals surface area contributed by atoms with Crippen LogP contribution in [0.2, 0.25) is 0 Å². The van der Waals surface area contributed by atoms with E-state index < -0.39 is 0 Å². The molecule has 0 bridgehead atoms. The zero-order valence-corrected chi connectivity index (χ0v) is 13.1. The Balaban J connectivity index is 1.68. The average Bonchev–Trinajstić information content (AvgIpc) is 3.05. The van der Waals surface area contributed by atoms with Crippen LogP contribution in [0.1, 0.15) is 25.1 Å². The minimum atomic E-state index is -0.195. The summed E-state index contributed by atoms with van der Waals surface area (Å²) in [6.45, 7) is 2.02. The van der Waals surface area contributed by atoms with Gasteiger partial charge in [-0.05, 0) is 25.1 Å². The normalized spacial score (nSPS) is 14.8. The molecule has 0 saturated carbocycles. The highest BCUT2D eigenvalue weighted by Gasteiger charge is 2.29. The van der Waals surface area contributed by atoms with Crippen LogP contribution < -0.4 is 4.90 Å². The zero-order chi connectivity index (χ0) is 16.6. The number of hydrogen-bond acceptors (Lipinski definition) is 4. The molecule has 3 amide bonds. The summed E-state index contributed by atoms with van der Waals surface area (Å²) in [5.41, 5.74) is 2.45. The van der Waals surface area contributed by atoms with Crippen LogP contribution in [0.3, 0.4) is 0 Å². The van der Waals surface area contributed by atoms with Crippen LogP contribution in [0.5, 0.6) is 0 Å². The maximum absolute atomic E-state index is 12.3. The summed E-state index contributed by atoms with van der Waals surface area (Å²) >= 11 is 0. The number of fused-ring (bicyclic) bond motifs is 1. The second-order valence-electron chi connectivity index (χ2n) is 5.67. The minimum absolute atomic E-state index is 0.119. The van der Waals surface area contributed by atoms with E-state index in [0.29, 0.717) is 0 Å². The number of likely N-dealkylation sites (tertiary alicyclic amines) is 1. The maximum atomic E-state index is 12.3. The van der Waals surface area contributed by atoms with Crippen LogP contribution in [-0.4, -0.2) is 46.2 Å². The van der Waals surface area contributed by atoms with Crippen molar-refractivity contribution in [2.75, 3.05) is 18.5 Å². The number of hydrogen-bond donors (Lipinski definition) is 1. The van der Waals surface area contributed by atoms with Crippen molar-refractivity contribution in [1.82, 2.24) is 14.9 Å². The van der Waals surface area contributed by atoms with Crippen LogP contribution in [0.15, 0.2) is 18.2 Å². The second-order valence-corrected chi connectivity index (χ2v) is 5.67. The second kappa shape index (κ2) is 5.83. The average molecular weight is 314 g/mol. The molecule has 120 valence electrons. The van der Waals surface area contributed by atoms with Gasteiger partial charge < -0.3 is 9.88 Å². The topological polar surface area (TPSA) is 86.4 Å². The first kappa shape index (κ1) is 15.2. The van der Waals surface area contributed by atoms with E-state index in [1.54, 1.807) is 7.05 Å². The maximum Gasteiger partial charge on any atom is 0.229 e. The van der Waals surface area contributed by atoms with Crippen molar-refractivity contribution in [3.05, 3.63) is 24.0 Å². The van der Waals surface area contributed by atoms with E-state index in [1.807, 2.05) is 25.1 Å². The number of nitrogens with zero attached hydrogens (tertiary/aromatic N) is 3. The highest BCUT2D eigenvalue weighted by Crippen LogP contribution is 2.21. The molecule has 7 nitrogen and oxygen atoms in total. The summed E-state index contributed by atoms with van der Waals surface area (Å²) in [4.78, 5) is 45.6. The number of carbonyl (C=O) groups is 3. The molecule has 3 rings (SSSR count). The SMILES string of the molecule is Cc1nc2ccc(N(C)C(=O)CCN3C(=O)CCC3=O)cc2[nH]1. The molecule has 1 saturated heterocycles. The Kier molecular flexibility index (Phi) is 3.85. The first-order chi connectivity index (χ1) is 11.0. The van der Waals surface area contributed by atoms with E-state index >= 15 is 0 Å². The van der Waals surface area contributed by atoms with E-state index in [0.717, 1.165) is 22.5 Å². The summed E-state index contributed by atoms with van der Waals surface area (Å²) in [5.74, 6) is 0.282. The molecule has 0 unspecified atom stereocenters. The highest BCUT2D eigenvalue weighted by molar-refractivity contribution is 6.02. The van der Waals surface area contributed by atoms with Gasteiger partial charge in [-0.2, -0.15) is 0 Å². The fourth-order valence-electron chi connectivity index (χ4n) is 2.73. The smallest absolute Gasteiger partial charge is 0.229 e. The number of carbonyl (C=O) groups excluding carboxylic acids is 3. The molecule has 2 aromatic rings. The lowest BCUT2D eigenvalue weighted by molar-refractivity contribution is -0.138. The summed E-state index contributed by atoms with van der Waals surface area (Å²) in [6, 6.07) is 5.54. The van der Waals surface area contributed by atoms with Crippen molar-refractivity contribution in [2.24, 2.45) is 0 Å². The molecule has 0 spiro atoms. The molecule has 0 aliphatic carbocycles. The third-order valence-corrected chi connectivity index (χ3v) is 4.05. The molecule has 23 heavy (non-hydrogen) atoms. The van der Waals surface area contributed by atoms with Crippen LogP contribution in [0, 0.1) is 6.92 Å². The van der Waals surface area contributed by atoms with Crippen molar-refractivity contribution in [2.45, 2.75) is 26.2 Å². The van der Waals surface area contributed by atoms with Gasteiger partial charge in [0.25, 0.3) is 0 Å². The Morgan fingerprint density at radius 1 is 1.30 bits per heavy atom. The number of aromatic amines is 1. The van der Waals surface area contributed by atoms with E-state index in [4.69, 9.17) is 0 Å². The van der Waals surface area contributed by atoms with Crippen molar-refractivity contribution in [3.63, 3.8) is 0 Å². The number of H-pyrrole nitrogens is 1. The number of imidazole rings is 1. The van der Waals surface area contributed by atoms with Crippen molar-refractivity contribution in [3.8, 4) is 0 Å². The molecule has 0 radical (unpaired) electrons. The molecular weight excluding hydrogens is 296 g/mol. The van der Waals surface area contributed by atoms with E-state index in [1.165, 1.54) is 9.80 Å². The minimum Gasteiger partial charge on any atom is -0.342 e. The summed E-state index contributed by atoms with van der Waals surface area (Å²) < 4.78 is 0. The standard InChI is InChI=1S/C16H18N4O3/c1-10-17-12-4-3-11(9-13(12)18-10)19(2)14(21)7-8-20-15(22)5-6-16(20)23/h3-4,9H,5-8H2,1-2H3,(H,17,18). The van der Waals surface area contributed by atoms with Gasteiger partial charge in [0.15, 0.2) is 0 Å². The van der Waals surface area contributed by atoms with Crippen LogP contribution in [0.25, 0.3) is 11.0 Å². The summed E-state index contributed by atoms with van der Waals surface area (Å²) in [7, 11) is 1.68.